The average molecular weight is 456 g/mol. The molecule has 174 valence electrons. The Balaban J connectivity index is 1.27. The molecule has 1 atom stereocenters. The maximum Gasteiger partial charge on any atom is 0.161 e. The van der Waals surface area contributed by atoms with E-state index in [1.165, 1.54) is 24.3 Å². The largest absolute Gasteiger partial charge is 0.486 e. The van der Waals surface area contributed by atoms with Crippen molar-refractivity contribution in [3.63, 3.8) is 0 Å². The van der Waals surface area contributed by atoms with Crippen molar-refractivity contribution in [2.75, 3.05) is 32.9 Å². The van der Waals surface area contributed by atoms with E-state index < -0.39 is 12.2 Å². The number of rotatable bonds is 10. The molecule has 0 saturated carbocycles. The third-order valence-electron chi connectivity index (χ3n) is 5.38. The minimum Gasteiger partial charge on any atom is -0.486 e. The second kappa shape index (κ2) is 11.2. The van der Waals surface area contributed by atoms with Crippen LogP contribution in [0, 0.1) is 11.6 Å². The van der Waals surface area contributed by atoms with Crippen LogP contribution in [0.15, 0.2) is 66.7 Å². The van der Waals surface area contributed by atoms with Crippen molar-refractivity contribution in [1.82, 2.24) is 5.32 Å². The summed E-state index contributed by atoms with van der Waals surface area (Å²) in [7, 11) is 0. The minimum atomic E-state index is -0.742. The molecule has 1 aliphatic heterocycles. The molecule has 5 nitrogen and oxygen atoms in total. The molecule has 0 aromatic heterocycles. The lowest BCUT2D eigenvalue weighted by Crippen LogP contribution is -2.32. The van der Waals surface area contributed by atoms with Crippen molar-refractivity contribution in [3.05, 3.63) is 95.1 Å². The van der Waals surface area contributed by atoms with Crippen molar-refractivity contribution < 1.29 is 28.1 Å². The molecule has 4 rings (SSSR count). The smallest absolute Gasteiger partial charge is 0.161 e. The fraction of sp³-hybridized carbons (Fsp3) is 0.308. The Morgan fingerprint density at radius 2 is 1.45 bits per heavy atom. The zero-order valence-electron chi connectivity index (χ0n) is 18.2. The zero-order chi connectivity index (χ0) is 23.0. The fourth-order valence-electron chi connectivity index (χ4n) is 3.67. The van der Waals surface area contributed by atoms with E-state index in [4.69, 9.17) is 14.2 Å². The highest BCUT2D eigenvalue weighted by Gasteiger charge is 2.17. The molecule has 0 saturated heterocycles. The molecule has 0 radical (unpaired) electrons. The van der Waals surface area contributed by atoms with Gasteiger partial charge in [0.25, 0.3) is 0 Å². The van der Waals surface area contributed by atoms with Gasteiger partial charge in [-0.25, -0.2) is 8.78 Å². The minimum absolute atomic E-state index is 0.0659. The summed E-state index contributed by atoms with van der Waals surface area (Å²) in [6.45, 7) is 2.21. The lowest BCUT2D eigenvalue weighted by atomic mass is 10.0. The van der Waals surface area contributed by atoms with Gasteiger partial charge in [-0.3, -0.25) is 0 Å². The van der Waals surface area contributed by atoms with Gasteiger partial charge >= 0.3 is 0 Å². The van der Waals surface area contributed by atoms with Gasteiger partial charge in [0.1, 0.15) is 31.0 Å². The Bertz CT molecular complexity index is 982. The number of benzene rings is 3. The first kappa shape index (κ1) is 23.2. The summed E-state index contributed by atoms with van der Waals surface area (Å²) in [6, 6.07) is 17.8. The van der Waals surface area contributed by atoms with Gasteiger partial charge in [0.15, 0.2) is 11.5 Å². The van der Waals surface area contributed by atoms with E-state index in [1.807, 2.05) is 18.2 Å². The van der Waals surface area contributed by atoms with Crippen molar-refractivity contribution in [3.8, 4) is 11.5 Å². The molecule has 1 aliphatic rings. The summed E-state index contributed by atoms with van der Waals surface area (Å²) in [4.78, 5) is 0. The van der Waals surface area contributed by atoms with Gasteiger partial charge < -0.3 is 24.6 Å². The molecule has 0 aliphatic carbocycles. The average Bonchev–Trinajstić information content (AvgIpc) is 2.84. The maximum absolute atomic E-state index is 13.3. The highest BCUT2D eigenvalue weighted by Crippen LogP contribution is 2.31. The number of aliphatic hydroxyl groups excluding tert-OH is 1. The highest BCUT2D eigenvalue weighted by atomic mass is 19.1. The molecule has 33 heavy (non-hydrogen) atoms. The monoisotopic (exact) mass is 455 g/mol. The summed E-state index contributed by atoms with van der Waals surface area (Å²) in [5.41, 5.74) is 2.56. The van der Waals surface area contributed by atoms with Crippen LogP contribution < -0.4 is 14.8 Å². The van der Waals surface area contributed by atoms with E-state index in [-0.39, 0.29) is 18.2 Å². The third-order valence-corrected chi connectivity index (χ3v) is 5.38. The predicted octanol–water partition coefficient (Wildman–Crippen LogP) is 4.04. The number of aliphatic hydroxyl groups is 1. The van der Waals surface area contributed by atoms with E-state index in [0.717, 1.165) is 34.6 Å². The van der Waals surface area contributed by atoms with Gasteiger partial charge in [-0.05, 0) is 66.1 Å². The van der Waals surface area contributed by atoms with E-state index in [9.17, 15) is 13.9 Å². The Morgan fingerprint density at radius 3 is 2.09 bits per heavy atom. The number of hydrogen-bond donors (Lipinski definition) is 2. The number of hydrogen-bond acceptors (Lipinski definition) is 5. The Labute approximate surface area is 191 Å². The van der Waals surface area contributed by atoms with Crippen molar-refractivity contribution in [1.29, 1.82) is 0 Å². The molecule has 7 heteroatoms. The van der Waals surface area contributed by atoms with Crippen LogP contribution in [-0.2, 0) is 11.2 Å². The van der Waals surface area contributed by atoms with Gasteiger partial charge in [-0.1, -0.05) is 30.3 Å². The van der Waals surface area contributed by atoms with E-state index >= 15 is 0 Å². The zero-order valence-corrected chi connectivity index (χ0v) is 18.2. The summed E-state index contributed by atoms with van der Waals surface area (Å²) in [6.07, 6.45) is -0.509. The third kappa shape index (κ3) is 6.51. The topological polar surface area (TPSA) is 60.0 Å². The Morgan fingerprint density at radius 1 is 0.848 bits per heavy atom. The van der Waals surface area contributed by atoms with E-state index in [0.29, 0.717) is 26.3 Å². The lowest BCUT2D eigenvalue weighted by Gasteiger charge is -2.21. The second-order valence-electron chi connectivity index (χ2n) is 7.90. The standard InChI is InChI=1S/C26H27F2NO4/c27-21-6-2-19(3-7-21)26(20-4-8-22(28)9-5-20)33-17-23(30)16-29-12-11-18-1-10-24-25(15-18)32-14-13-31-24/h1-10,15,23,26,29-30H,11-14,16-17H2/t23-/m0/s1. The van der Waals surface area contributed by atoms with Crippen molar-refractivity contribution in [2.24, 2.45) is 0 Å². The Hall–Kier alpha value is -3.00. The first-order valence-corrected chi connectivity index (χ1v) is 11.0. The molecule has 1 heterocycles. The van der Waals surface area contributed by atoms with E-state index in [1.54, 1.807) is 24.3 Å². The SMILES string of the molecule is O[C@@H](CNCCc1ccc2c(c1)OCCO2)COC(c1ccc(F)cc1)c1ccc(F)cc1. The molecule has 3 aromatic carbocycles. The van der Waals surface area contributed by atoms with Gasteiger partial charge in [0.2, 0.25) is 0 Å². The molecular formula is C26H27F2NO4. The number of ether oxygens (including phenoxy) is 3. The summed E-state index contributed by atoms with van der Waals surface area (Å²) < 4.78 is 43.8. The van der Waals surface area contributed by atoms with Crippen LogP contribution in [0.3, 0.4) is 0 Å². The van der Waals surface area contributed by atoms with Crippen LogP contribution in [0.5, 0.6) is 11.5 Å². The highest BCUT2D eigenvalue weighted by molar-refractivity contribution is 5.43. The summed E-state index contributed by atoms with van der Waals surface area (Å²) in [5.74, 6) is 0.833. The number of halogens is 2. The normalized spacial score (nSPS) is 13.8. The molecule has 0 spiro atoms. The van der Waals surface area contributed by atoms with Crippen LogP contribution in [0.1, 0.15) is 22.8 Å². The molecule has 0 fully saturated rings. The summed E-state index contributed by atoms with van der Waals surface area (Å²) in [5, 5.41) is 13.6. The van der Waals surface area contributed by atoms with Crippen LogP contribution in [0.2, 0.25) is 0 Å². The van der Waals surface area contributed by atoms with Crippen molar-refractivity contribution in [2.45, 2.75) is 18.6 Å². The first-order chi connectivity index (χ1) is 16.1. The van der Waals surface area contributed by atoms with Gasteiger partial charge in [0.05, 0.1) is 12.7 Å². The van der Waals surface area contributed by atoms with Gasteiger partial charge in [-0.2, -0.15) is 0 Å². The molecule has 0 bridgehead atoms. The number of nitrogens with one attached hydrogen (secondary N) is 1. The quantitative estimate of drug-likeness (QED) is 0.452. The fourth-order valence-corrected chi connectivity index (χ4v) is 3.67. The molecular weight excluding hydrogens is 428 g/mol. The van der Waals surface area contributed by atoms with Crippen LogP contribution in [0.25, 0.3) is 0 Å². The summed E-state index contributed by atoms with van der Waals surface area (Å²) >= 11 is 0. The predicted molar refractivity (Wildman–Crippen MR) is 121 cm³/mol. The van der Waals surface area contributed by atoms with Crippen LogP contribution in [0.4, 0.5) is 8.78 Å². The second-order valence-corrected chi connectivity index (χ2v) is 7.90. The van der Waals surface area contributed by atoms with Crippen LogP contribution in [-0.4, -0.2) is 44.1 Å². The molecule has 0 amide bonds. The lowest BCUT2D eigenvalue weighted by molar-refractivity contribution is 0.00666. The molecule has 0 unspecified atom stereocenters. The van der Waals surface area contributed by atoms with Crippen molar-refractivity contribution >= 4 is 0 Å². The Kier molecular flexibility index (Phi) is 7.88. The van der Waals surface area contributed by atoms with Gasteiger partial charge in [0, 0.05) is 6.54 Å². The number of fused-ring (bicyclic) bond motifs is 1. The first-order valence-electron chi connectivity index (χ1n) is 11.0. The molecule has 3 aromatic rings. The van der Waals surface area contributed by atoms with Gasteiger partial charge in [-0.15, -0.1) is 0 Å². The van der Waals surface area contributed by atoms with E-state index in [2.05, 4.69) is 5.32 Å². The molecule has 2 N–H and O–H groups in total. The maximum atomic E-state index is 13.3. The van der Waals surface area contributed by atoms with Crippen LogP contribution >= 0.6 is 0 Å².